The second-order valence-electron chi connectivity index (χ2n) is 6.91. The van der Waals surface area contributed by atoms with Gasteiger partial charge in [0.2, 0.25) is 11.8 Å². The van der Waals surface area contributed by atoms with Crippen LogP contribution in [-0.2, 0) is 9.59 Å². The molecule has 0 aromatic heterocycles. The van der Waals surface area contributed by atoms with Gasteiger partial charge in [0, 0.05) is 45.7 Å². The molecule has 0 aromatic rings. The van der Waals surface area contributed by atoms with E-state index in [9.17, 15) is 9.59 Å². The molecule has 132 valence electrons. The van der Waals surface area contributed by atoms with Gasteiger partial charge in [-0.15, -0.1) is 0 Å². The van der Waals surface area contributed by atoms with Gasteiger partial charge in [0.1, 0.15) is 0 Å². The minimum absolute atomic E-state index is 0.205. The monoisotopic (exact) mass is 323 g/mol. The van der Waals surface area contributed by atoms with Crippen molar-refractivity contribution in [1.82, 2.24) is 14.7 Å². The van der Waals surface area contributed by atoms with E-state index in [-0.39, 0.29) is 5.91 Å². The fourth-order valence-electron chi connectivity index (χ4n) is 3.81. The molecule has 1 aliphatic heterocycles. The molecule has 2 aliphatic rings. The zero-order valence-corrected chi connectivity index (χ0v) is 14.9. The van der Waals surface area contributed by atoms with Crippen LogP contribution in [0, 0.1) is 5.92 Å². The molecule has 2 amide bonds. The average Bonchev–Trinajstić information content (AvgIpc) is 3.08. The molecule has 0 N–H and O–H groups in total. The lowest BCUT2D eigenvalue weighted by Gasteiger charge is -2.35. The number of nitrogens with zero attached hydrogens (tertiary/aromatic N) is 3. The second-order valence-corrected chi connectivity index (χ2v) is 6.91. The largest absolute Gasteiger partial charge is 0.342 e. The van der Waals surface area contributed by atoms with Crippen LogP contribution in [0.5, 0.6) is 0 Å². The Bertz CT molecular complexity index is 382. The summed E-state index contributed by atoms with van der Waals surface area (Å²) in [6.45, 7) is 9.26. The number of carbonyl (C=O) groups excluding carboxylic acids is 2. The van der Waals surface area contributed by atoms with E-state index in [1.165, 1.54) is 25.7 Å². The van der Waals surface area contributed by atoms with Crippen LogP contribution in [0.2, 0.25) is 0 Å². The van der Waals surface area contributed by atoms with Crippen LogP contribution < -0.4 is 0 Å². The molecule has 0 bridgehead atoms. The van der Waals surface area contributed by atoms with Gasteiger partial charge in [0.15, 0.2) is 0 Å². The molecule has 1 aliphatic carbocycles. The standard InChI is InChI=1S/C18H33N3O2/c1-3-20(4-2)18(23)15-19-11-13-21(14-12-19)17(22)10-9-16-7-5-6-8-16/h16H,3-15H2,1-2H3. The highest BCUT2D eigenvalue weighted by molar-refractivity contribution is 5.78. The maximum absolute atomic E-state index is 12.3. The first-order valence-corrected chi connectivity index (χ1v) is 9.42. The summed E-state index contributed by atoms with van der Waals surface area (Å²) in [5, 5.41) is 0. The van der Waals surface area contributed by atoms with E-state index in [2.05, 4.69) is 4.90 Å². The summed E-state index contributed by atoms with van der Waals surface area (Å²) in [6.07, 6.45) is 7.10. The zero-order valence-electron chi connectivity index (χ0n) is 14.9. The van der Waals surface area contributed by atoms with Crippen molar-refractivity contribution in [3.05, 3.63) is 0 Å². The van der Waals surface area contributed by atoms with Gasteiger partial charge < -0.3 is 9.80 Å². The SMILES string of the molecule is CCN(CC)C(=O)CN1CCN(C(=O)CCC2CCCC2)CC1. The Kier molecular flexibility index (Phi) is 7.34. The first-order chi connectivity index (χ1) is 11.1. The summed E-state index contributed by atoms with van der Waals surface area (Å²) in [6, 6.07) is 0. The van der Waals surface area contributed by atoms with Crippen LogP contribution in [0.25, 0.3) is 0 Å². The van der Waals surface area contributed by atoms with Crippen molar-refractivity contribution in [1.29, 1.82) is 0 Å². The van der Waals surface area contributed by atoms with Crippen molar-refractivity contribution >= 4 is 11.8 Å². The molecule has 23 heavy (non-hydrogen) atoms. The van der Waals surface area contributed by atoms with E-state index in [0.29, 0.717) is 18.9 Å². The molecule has 0 spiro atoms. The molecule has 5 nitrogen and oxygen atoms in total. The molecule has 0 atom stereocenters. The molecule has 2 rings (SSSR count). The third kappa shape index (κ3) is 5.48. The predicted molar refractivity (Wildman–Crippen MR) is 92.1 cm³/mol. The summed E-state index contributed by atoms with van der Waals surface area (Å²) in [5.74, 6) is 1.30. The Balaban J connectivity index is 1.66. The van der Waals surface area contributed by atoms with Gasteiger partial charge in [-0.05, 0) is 26.2 Å². The molecule has 0 radical (unpaired) electrons. The molecule has 1 saturated heterocycles. The van der Waals surface area contributed by atoms with Gasteiger partial charge in [-0.3, -0.25) is 14.5 Å². The van der Waals surface area contributed by atoms with Crippen LogP contribution in [0.4, 0.5) is 0 Å². The van der Waals surface area contributed by atoms with Crippen molar-refractivity contribution in [2.75, 3.05) is 45.8 Å². The molecular formula is C18H33N3O2. The Morgan fingerprint density at radius 3 is 2.17 bits per heavy atom. The molecule has 5 heteroatoms. The van der Waals surface area contributed by atoms with Gasteiger partial charge in [-0.1, -0.05) is 25.7 Å². The highest BCUT2D eigenvalue weighted by atomic mass is 16.2. The van der Waals surface area contributed by atoms with E-state index >= 15 is 0 Å². The van der Waals surface area contributed by atoms with Crippen molar-refractivity contribution in [3.63, 3.8) is 0 Å². The zero-order chi connectivity index (χ0) is 16.7. The highest BCUT2D eigenvalue weighted by Crippen LogP contribution is 2.28. The Hall–Kier alpha value is -1.10. The molecule has 0 unspecified atom stereocenters. The Morgan fingerprint density at radius 1 is 1.00 bits per heavy atom. The molecule has 1 saturated carbocycles. The van der Waals surface area contributed by atoms with E-state index in [1.807, 2.05) is 23.6 Å². The smallest absolute Gasteiger partial charge is 0.236 e. The normalized spacial score (nSPS) is 20.0. The maximum atomic E-state index is 12.3. The summed E-state index contributed by atoms with van der Waals surface area (Å²) in [4.78, 5) is 30.5. The fourth-order valence-corrected chi connectivity index (χ4v) is 3.81. The lowest BCUT2D eigenvalue weighted by molar-refractivity contribution is -0.135. The Morgan fingerprint density at radius 2 is 1.61 bits per heavy atom. The molecule has 0 aromatic carbocycles. The lowest BCUT2D eigenvalue weighted by Crippen LogP contribution is -2.51. The minimum atomic E-state index is 0.205. The van der Waals surface area contributed by atoms with Gasteiger partial charge in [0.25, 0.3) is 0 Å². The van der Waals surface area contributed by atoms with Crippen molar-refractivity contribution in [3.8, 4) is 0 Å². The van der Waals surface area contributed by atoms with Crippen LogP contribution >= 0.6 is 0 Å². The molecule has 2 fully saturated rings. The summed E-state index contributed by atoms with van der Waals surface area (Å²) in [7, 11) is 0. The number of hydrogen-bond acceptors (Lipinski definition) is 3. The van der Waals surface area contributed by atoms with E-state index in [0.717, 1.165) is 51.6 Å². The molecule has 1 heterocycles. The fraction of sp³-hybridized carbons (Fsp3) is 0.889. The quantitative estimate of drug-likeness (QED) is 0.719. The van der Waals surface area contributed by atoms with Gasteiger partial charge >= 0.3 is 0 Å². The van der Waals surface area contributed by atoms with Gasteiger partial charge in [-0.25, -0.2) is 0 Å². The predicted octanol–water partition coefficient (Wildman–Crippen LogP) is 1.97. The minimum Gasteiger partial charge on any atom is -0.342 e. The Labute approximate surface area is 141 Å². The van der Waals surface area contributed by atoms with Crippen LogP contribution in [0.15, 0.2) is 0 Å². The topological polar surface area (TPSA) is 43.9 Å². The van der Waals surface area contributed by atoms with E-state index < -0.39 is 0 Å². The van der Waals surface area contributed by atoms with Gasteiger partial charge in [-0.2, -0.15) is 0 Å². The lowest BCUT2D eigenvalue weighted by atomic mass is 10.0. The highest BCUT2D eigenvalue weighted by Gasteiger charge is 2.24. The first-order valence-electron chi connectivity index (χ1n) is 9.42. The van der Waals surface area contributed by atoms with Crippen LogP contribution in [0.3, 0.4) is 0 Å². The number of amides is 2. The maximum Gasteiger partial charge on any atom is 0.236 e. The third-order valence-corrected chi connectivity index (χ3v) is 5.44. The molecular weight excluding hydrogens is 290 g/mol. The first kappa shape index (κ1) is 18.2. The van der Waals surface area contributed by atoms with Crippen LogP contribution in [0.1, 0.15) is 52.4 Å². The number of likely N-dealkylation sites (N-methyl/N-ethyl adjacent to an activating group) is 1. The van der Waals surface area contributed by atoms with E-state index in [4.69, 9.17) is 0 Å². The number of rotatable bonds is 7. The summed E-state index contributed by atoms with van der Waals surface area (Å²) >= 11 is 0. The van der Waals surface area contributed by atoms with E-state index in [1.54, 1.807) is 0 Å². The van der Waals surface area contributed by atoms with Crippen molar-refractivity contribution < 1.29 is 9.59 Å². The van der Waals surface area contributed by atoms with Crippen LogP contribution in [-0.4, -0.2) is 72.3 Å². The second kappa shape index (κ2) is 9.26. The number of carbonyl (C=O) groups is 2. The van der Waals surface area contributed by atoms with Gasteiger partial charge in [0.05, 0.1) is 6.54 Å². The summed E-state index contributed by atoms with van der Waals surface area (Å²) in [5.41, 5.74) is 0. The number of piperazine rings is 1. The van der Waals surface area contributed by atoms with Crippen molar-refractivity contribution in [2.45, 2.75) is 52.4 Å². The van der Waals surface area contributed by atoms with Crippen molar-refractivity contribution in [2.24, 2.45) is 5.92 Å². The summed E-state index contributed by atoms with van der Waals surface area (Å²) < 4.78 is 0. The number of hydrogen-bond donors (Lipinski definition) is 0. The average molecular weight is 323 g/mol. The third-order valence-electron chi connectivity index (χ3n) is 5.44.